The second-order valence-corrected chi connectivity index (χ2v) is 4.37. The molecule has 2 aromatic carbocycles. The maximum Gasteiger partial charge on any atom is 0.347 e. The topological polar surface area (TPSA) is 90.9 Å². The third-order valence-electron chi connectivity index (χ3n) is 2.98. The minimum absolute atomic E-state index is 0.0188. The summed E-state index contributed by atoms with van der Waals surface area (Å²) in [4.78, 5) is 11.9. The average Bonchev–Trinajstić information content (AvgIpc) is 2.38. The summed E-state index contributed by atoms with van der Waals surface area (Å²) in [5.41, 5.74) is -0.0901. The van der Waals surface area contributed by atoms with Crippen molar-refractivity contribution in [3.8, 4) is 28.6 Å². The van der Waals surface area contributed by atoms with E-state index < -0.39 is 5.63 Å². The average molecular weight is 270 g/mol. The number of aromatic hydroxyl groups is 3. The van der Waals surface area contributed by atoms with Crippen molar-refractivity contribution in [1.82, 2.24) is 0 Å². The van der Waals surface area contributed by atoms with E-state index in [1.807, 2.05) is 0 Å². The molecule has 0 unspecified atom stereocenters. The van der Waals surface area contributed by atoms with Gasteiger partial charge in [-0.05, 0) is 36.4 Å². The number of phenolic OH excluding ortho intramolecular Hbond substituents is 3. The molecule has 0 bridgehead atoms. The fourth-order valence-electron chi connectivity index (χ4n) is 2.06. The van der Waals surface area contributed by atoms with E-state index in [9.17, 15) is 20.1 Å². The van der Waals surface area contributed by atoms with Crippen molar-refractivity contribution < 1.29 is 19.7 Å². The molecule has 0 saturated heterocycles. The van der Waals surface area contributed by atoms with Crippen molar-refractivity contribution >= 4 is 10.8 Å². The highest BCUT2D eigenvalue weighted by Gasteiger charge is 2.11. The zero-order valence-corrected chi connectivity index (χ0v) is 10.2. The first-order valence-electron chi connectivity index (χ1n) is 5.84. The molecule has 3 N–H and O–H groups in total. The summed E-state index contributed by atoms with van der Waals surface area (Å²) >= 11 is 0. The van der Waals surface area contributed by atoms with Gasteiger partial charge in [-0.25, -0.2) is 4.79 Å². The SMILES string of the molecule is O=c1oc(-c2ccc(O)cc2)cc2cc(O)cc(O)c12. The lowest BCUT2D eigenvalue weighted by Crippen LogP contribution is -2.00. The van der Waals surface area contributed by atoms with Crippen molar-refractivity contribution in [3.63, 3.8) is 0 Å². The molecule has 0 aliphatic carbocycles. The van der Waals surface area contributed by atoms with Gasteiger partial charge in [0.1, 0.15) is 28.4 Å². The number of rotatable bonds is 1. The second kappa shape index (κ2) is 4.31. The van der Waals surface area contributed by atoms with Crippen LogP contribution in [0, 0.1) is 0 Å². The van der Waals surface area contributed by atoms with Gasteiger partial charge in [-0.2, -0.15) is 0 Å². The molecule has 5 heteroatoms. The maximum atomic E-state index is 11.9. The predicted octanol–water partition coefficient (Wildman–Crippen LogP) is 2.58. The van der Waals surface area contributed by atoms with Crippen LogP contribution >= 0.6 is 0 Å². The zero-order chi connectivity index (χ0) is 14.3. The van der Waals surface area contributed by atoms with Crippen molar-refractivity contribution in [2.24, 2.45) is 0 Å². The Morgan fingerprint density at radius 3 is 2.25 bits per heavy atom. The van der Waals surface area contributed by atoms with Crippen LogP contribution in [0.1, 0.15) is 0 Å². The van der Waals surface area contributed by atoms with Crippen LogP contribution in [0.5, 0.6) is 17.2 Å². The van der Waals surface area contributed by atoms with Crippen LogP contribution in [-0.2, 0) is 0 Å². The van der Waals surface area contributed by atoms with Crippen LogP contribution in [-0.4, -0.2) is 15.3 Å². The van der Waals surface area contributed by atoms with Gasteiger partial charge in [-0.15, -0.1) is 0 Å². The molecule has 3 aromatic rings. The molecule has 0 atom stereocenters. The molecular weight excluding hydrogens is 260 g/mol. The summed E-state index contributed by atoms with van der Waals surface area (Å²) in [5.74, 6) is -0.0806. The van der Waals surface area contributed by atoms with Gasteiger partial charge in [0.05, 0.1) is 0 Å². The largest absolute Gasteiger partial charge is 0.508 e. The van der Waals surface area contributed by atoms with Crippen molar-refractivity contribution in [2.75, 3.05) is 0 Å². The van der Waals surface area contributed by atoms with E-state index in [2.05, 4.69) is 0 Å². The lowest BCUT2D eigenvalue weighted by molar-refractivity contribution is 0.452. The third kappa shape index (κ3) is 1.95. The van der Waals surface area contributed by atoms with Gasteiger partial charge < -0.3 is 19.7 Å². The molecule has 100 valence electrons. The Labute approximate surface area is 113 Å². The van der Waals surface area contributed by atoms with E-state index in [0.29, 0.717) is 10.9 Å². The Hall–Kier alpha value is -2.95. The molecule has 0 radical (unpaired) electrons. The Kier molecular flexibility index (Phi) is 2.61. The Balaban J connectivity index is 2.29. The molecule has 1 aromatic heterocycles. The highest BCUT2D eigenvalue weighted by Crippen LogP contribution is 2.30. The van der Waals surface area contributed by atoms with Crippen molar-refractivity contribution in [1.29, 1.82) is 0 Å². The summed E-state index contributed by atoms with van der Waals surface area (Å²) in [6.07, 6.45) is 0. The van der Waals surface area contributed by atoms with Crippen LogP contribution in [0.25, 0.3) is 22.1 Å². The summed E-state index contributed by atoms with van der Waals surface area (Å²) < 4.78 is 5.16. The minimum Gasteiger partial charge on any atom is -0.508 e. The molecule has 0 aliphatic heterocycles. The summed E-state index contributed by atoms with van der Waals surface area (Å²) in [7, 11) is 0. The monoisotopic (exact) mass is 270 g/mol. The zero-order valence-electron chi connectivity index (χ0n) is 10.2. The molecule has 0 aliphatic rings. The van der Waals surface area contributed by atoms with Gasteiger partial charge in [0, 0.05) is 17.0 Å². The Morgan fingerprint density at radius 1 is 0.850 bits per heavy atom. The highest BCUT2D eigenvalue weighted by molar-refractivity contribution is 5.90. The lowest BCUT2D eigenvalue weighted by atomic mass is 10.1. The van der Waals surface area contributed by atoms with E-state index in [4.69, 9.17) is 4.42 Å². The number of hydrogen-bond donors (Lipinski definition) is 3. The normalized spacial score (nSPS) is 10.8. The summed E-state index contributed by atoms with van der Waals surface area (Å²) in [6, 6.07) is 10.1. The van der Waals surface area contributed by atoms with Gasteiger partial charge in [0.25, 0.3) is 0 Å². The Morgan fingerprint density at radius 2 is 1.55 bits per heavy atom. The van der Waals surface area contributed by atoms with Gasteiger partial charge in [-0.1, -0.05) is 0 Å². The number of phenols is 3. The molecule has 0 amide bonds. The standard InChI is InChI=1S/C15H10O5/c16-10-3-1-8(2-4-10)13-6-9-5-11(17)7-12(18)14(9)15(19)20-13/h1-7,16-18H. The summed E-state index contributed by atoms with van der Waals surface area (Å²) in [5, 5.41) is 28.8. The first-order chi connectivity index (χ1) is 9.54. The quantitative estimate of drug-likeness (QED) is 0.632. The molecule has 5 nitrogen and oxygen atoms in total. The van der Waals surface area contributed by atoms with Gasteiger partial charge in [-0.3, -0.25) is 0 Å². The van der Waals surface area contributed by atoms with Crippen LogP contribution in [0.2, 0.25) is 0 Å². The number of benzene rings is 2. The van der Waals surface area contributed by atoms with E-state index in [1.165, 1.54) is 18.2 Å². The minimum atomic E-state index is -0.692. The Bertz CT molecular complexity index is 847. The van der Waals surface area contributed by atoms with Crippen LogP contribution in [0.15, 0.2) is 51.7 Å². The van der Waals surface area contributed by atoms with Crippen LogP contribution < -0.4 is 5.63 Å². The van der Waals surface area contributed by atoms with E-state index in [0.717, 1.165) is 6.07 Å². The van der Waals surface area contributed by atoms with Crippen LogP contribution in [0.3, 0.4) is 0 Å². The number of fused-ring (bicyclic) bond motifs is 1. The van der Waals surface area contributed by atoms with Crippen molar-refractivity contribution in [3.05, 3.63) is 52.9 Å². The molecule has 0 fully saturated rings. The molecule has 0 saturated carbocycles. The molecule has 20 heavy (non-hydrogen) atoms. The second-order valence-electron chi connectivity index (χ2n) is 4.37. The fraction of sp³-hybridized carbons (Fsp3) is 0. The van der Waals surface area contributed by atoms with Gasteiger partial charge in [0.2, 0.25) is 0 Å². The number of hydrogen-bond acceptors (Lipinski definition) is 5. The molecule has 3 rings (SSSR count). The highest BCUT2D eigenvalue weighted by atomic mass is 16.4. The van der Waals surface area contributed by atoms with E-state index in [1.54, 1.807) is 18.2 Å². The maximum absolute atomic E-state index is 11.9. The predicted molar refractivity (Wildman–Crippen MR) is 72.9 cm³/mol. The van der Waals surface area contributed by atoms with Gasteiger partial charge in [0.15, 0.2) is 0 Å². The van der Waals surface area contributed by atoms with Crippen LogP contribution in [0.4, 0.5) is 0 Å². The van der Waals surface area contributed by atoms with Crippen molar-refractivity contribution in [2.45, 2.75) is 0 Å². The fourth-order valence-corrected chi connectivity index (χ4v) is 2.06. The lowest BCUT2D eigenvalue weighted by Gasteiger charge is -2.05. The summed E-state index contributed by atoms with van der Waals surface area (Å²) in [6.45, 7) is 0. The smallest absolute Gasteiger partial charge is 0.347 e. The molecule has 1 heterocycles. The third-order valence-corrected chi connectivity index (χ3v) is 2.98. The first kappa shape index (κ1) is 12.1. The molecule has 0 spiro atoms. The van der Waals surface area contributed by atoms with E-state index >= 15 is 0 Å². The first-order valence-corrected chi connectivity index (χ1v) is 5.84. The van der Waals surface area contributed by atoms with E-state index in [-0.39, 0.29) is 28.4 Å². The van der Waals surface area contributed by atoms with Gasteiger partial charge >= 0.3 is 5.63 Å². The molecular formula is C15H10O5.